The van der Waals surface area contributed by atoms with Crippen LogP contribution < -0.4 is 9.47 Å². The number of benzene rings is 2. The lowest BCUT2D eigenvalue weighted by molar-refractivity contribution is -0.159. The minimum atomic E-state index is -0.504. The van der Waals surface area contributed by atoms with Gasteiger partial charge in [-0.05, 0) is 56.0 Å². The summed E-state index contributed by atoms with van der Waals surface area (Å²) in [5.74, 6) is 1.33. The lowest BCUT2D eigenvalue weighted by Gasteiger charge is -2.47. The van der Waals surface area contributed by atoms with Gasteiger partial charge in [-0.15, -0.1) is 0 Å². The van der Waals surface area contributed by atoms with Crippen LogP contribution in [0.5, 0.6) is 11.5 Å². The number of nitrogens with one attached hydrogen (secondary N) is 1. The SMILES string of the molecule is COc1cc([C@H]2c3[nH]c4ccccc4c3C[C@H]3C(=O)N(C4CC4)CC(=O)N23)ccc1OC(C)C. The number of rotatable bonds is 5. The normalized spacial score (nSPS) is 22.2. The molecule has 1 aromatic heterocycles. The van der Waals surface area contributed by atoms with E-state index in [1.807, 2.05) is 50.2 Å². The number of amides is 2. The number of carbonyl (C=O) groups is 2. The molecule has 0 bridgehead atoms. The molecule has 176 valence electrons. The Labute approximate surface area is 198 Å². The van der Waals surface area contributed by atoms with Crippen molar-refractivity contribution in [2.24, 2.45) is 0 Å². The van der Waals surface area contributed by atoms with Gasteiger partial charge < -0.3 is 24.3 Å². The maximum atomic E-state index is 13.6. The van der Waals surface area contributed by atoms with Gasteiger partial charge in [0.25, 0.3) is 0 Å². The molecule has 1 N–H and O–H groups in total. The van der Waals surface area contributed by atoms with E-state index in [0.29, 0.717) is 17.9 Å². The summed E-state index contributed by atoms with van der Waals surface area (Å²) in [4.78, 5) is 34.3. The van der Waals surface area contributed by atoms with Gasteiger partial charge in [0.15, 0.2) is 11.5 Å². The second-order valence-corrected chi connectivity index (χ2v) is 9.76. The van der Waals surface area contributed by atoms with Gasteiger partial charge in [-0.2, -0.15) is 0 Å². The Bertz CT molecular complexity index is 1290. The van der Waals surface area contributed by atoms with E-state index in [1.165, 1.54) is 0 Å². The quantitative estimate of drug-likeness (QED) is 0.630. The Balaban J connectivity index is 1.51. The largest absolute Gasteiger partial charge is 0.493 e. The van der Waals surface area contributed by atoms with Crippen LogP contribution in [0.1, 0.15) is 49.6 Å². The summed E-state index contributed by atoms with van der Waals surface area (Å²) in [6.45, 7) is 4.09. The molecule has 0 radical (unpaired) electrons. The van der Waals surface area contributed by atoms with Crippen LogP contribution in [-0.2, 0) is 16.0 Å². The number of fused-ring (bicyclic) bond motifs is 4. The zero-order chi connectivity index (χ0) is 23.6. The third-order valence-electron chi connectivity index (χ3n) is 7.15. The minimum Gasteiger partial charge on any atom is -0.493 e. The number of hydrogen-bond donors (Lipinski definition) is 1. The molecule has 34 heavy (non-hydrogen) atoms. The second-order valence-electron chi connectivity index (χ2n) is 9.76. The first kappa shape index (κ1) is 21.1. The highest BCUT2D eigenvalue weighted by Gasteiger charge is 2.50. The number of ether oxygens (including phenoxy) is 2. The van der Waals surface area contributed by atoms with Crippen molar-refractivity contribution in [3.63, 3.8) is 0 Å². The Morgan fingerprint density at radius 3 is 2.59 bits per heavy atom. The fraction of sp³-hybridized carbons (Fsp3) is 0.407. The van der Waals surface area contributed by atoms with Crippen LogP contribution in [0.3, 0.4) is 0 Å². The van der Waals surface area contributed by atoms with Gasteiger partial charge in [0.1, 0.15) is 12.6 Å². The highest BCUT2D eigenvalue weighted by molar-refractivity contribution is 5.98. The molecule has 7 nitrogen and oxygen atoms in total. The van der Waals surface area contributed by atoms with Gasteiger partial charge in [-0.25, -0.2) is 0 Å². The Hall–Kier alpha value is -3.48. The summed E-state index contributed by atoms with van der Waals surface area (Å²) >= 11 is 0. The third kappa shape index (κ3) is 3.25. The van der Waals surface area contributed by atoms with Crippen LogP contribution in [0, 0.1) is 0 Å². The molecule has 6 rings (SSSR count). The van der Waals surface area contributed by atoms with Gasteiger partial charge >= 0.3 is 0 Å². The molecule has 2 aromatic carbocycles. The number of para-hydroxylation sites is 1. The molecule has 2 aliphatic heterocycles. The van der Waals surface area contributed by atoms with Crippen LogP contribution in [0.25, 0.3) is 10.9 Å². The van der Waals surface area contributed by atoms with E-state index in [1.54, 1.807) is 16.9 Å². The summed E-state index contributed by atoms with van der Waals surface area (Å²) in [5, 5.41) is 1.11. The molecule has 2 fully saturated rings. The predicted molar refractivity (Wildman–Crippen MR) is 128 cm³/mol. The Morgan fingerprint density at radius 2 is 1.85 bits per heavy atom. The van der Waals surface area contributed by atoms with Gasteiger partial charge in [0, 0.05) is 29.1 Å². The summed E-state index contributed by atoms with van der Waals surface area (Å²) < 4.78 is 11.6. The first-order chi connectivity index (χ1) is 16.5. The summed E-state index contributed by atoms with van der Waals surface area (Å²) in [6, 6.07) is 13.3. The topological polar surface area (TPSA) is 74.9 Å². The number of nitrogens with zero attached hydrogens (tertiary/aromatic N) is 2. The van der Waals surface area contributed by atoms with Gasteiger partial charge in [0.05, 0.1) is 19.3 Å². The van der Waals surface area contributed by atoms with E-state index in [4.69, 9.17) is 9.47 Å². The summed E-state index contributed by atoms with van der Waals surface area (Å²) in [5.41, 5.74) is 4.00. The molecule has 0 unspecified atom stereocenters. The minimum absolute atomic E-state index is 0.00715. The third-order valence-corrected chi connectivity index (χ3v) is 7.15. The van der Waals surface area contributed by atoms with Gasteiger partial charge in [-0.3, -0.25) is 9.59 Å². The monoisotopic (exact) mass is 459 g/mol. The molecule has 3 aromatic rings. The van der Waals surface area contributed by atoms with Crippen molar-refractivity contribution >= 4 is 22.7 Å². The molecule has 1 aliphatic carbocycles. The highest BCUT2D eigenvalue weighted by atomic mass is 16.5. The molecule has 2 atom stereocenters. The molecule has 2 amide bonds. The van der Waals surface area contributed by atoms with E-state index < -0.39 is 12.1 Å². The molecule has 3 aliphatic rings. The predicted octanol–water partition coefficient (Wildman–Crippen LogP) is 3.81. The number of hydrogen-bond acceptors (Lipinski definition) is 4. The molecule has 7 heteroatoms. The van der Waals surface area contributed by atoms with Crippen LogP contribution in [0.4, 0.5) is 0 Å². The lowest BCUT2D eigenvalue weighted by atomic mass is 9.86. The van der Waals surface area contributed by atoms with E-state index >= 15 is 0 Å². The van der Waals surface area contributed by atoms with E-state index in [2.05, 4.69) is 11.1 Å². The van der Waals surface area contributed by atoms with Crippen LogP contribution in [0.15, 0.2) is 42.5 Å². The molecular weight excluding hydrogens is 430 g/mol. The first-order valence-corrected chi connectivity index (χ1v) is 12.0. The zero-order valence-electron chi connectivity index (χ0n) is 19.7. The van der Waals surface area contributed by atoms with E-state index in [-0.39, 0.29) is 30.5 Å². The fourth-order valence-corrected chi connectivity index (χ4v) is 5.53. The maximum absolute atomic E-state index is 13.6. The van der Waals surface area contributed by atoms with Crippen molar-refractivity contribution in [1.82, 2.24) is 14.8 Å². The van der Waals surface area contributed by atoms with Crippen molar-refractivity contribution in [2.75, 3.05) is 13.7 Å². The average molecular weight is 460 g/mol. The van der Waals surface area contributed by atoms with Crippen LogP contribution in [0.2, 0.25) is 0 Å². The number of piperazine rings is 1. The lowest BCUT2D eigenvalue weighted by Crippen LogP contribution is -2.63. The molecule has 1 saturated carbocycles. The molecule has 0 spiro atoms. The van der Waals surface area contributed by atoms with Crippen molar-refractivity contribution in [3.05, 3.63) is 59.3 Å². The van der Waals surface area contributed by atoms with Crippen molar-refractivity contribution in [1.29, 1.82) is 0 Å². The highest BCUT2D eigenvalue weighted by Crippen LogP contribution is 2.45. The molecule has 3 heterocycles. The Morgan fingerprint density at radius 1 is 1.06 bits per heavy atom. The van der Waals surface area contributed by atoms with Gasteiger partial charge in [-0.1, -0.05) is 24.3 Å². The standard InChI is InChI=1S/C27H29N3O4/c1-15(2)34-22-11-8-16(12-23(22)33-3)26-25-19(18-6-4-5-7-20(18)28-25)13-21-27(32)29(17-9-10-17)14-24(31)30(21)26/h4-8,11-12,15,17,21,26,28H,9-10,13-14H2,1-3H3/t21-,26-/m0/s1. The van der Waals surface area contributed by atoms with E-state index in [9.17, 15) is 9.59 Å². The fourth-order valence-electron chi connectivity index (χ4n) is 5.53. The van der Waals surface area contributed by atoms with Crippen molar-refractivity contribution in [3.8, 4) is 11.5 Å². The van der Waals surface area contributed by atoms with Gasteiger partial charge in [0.2, 0.25) is 11.8 Å². The van der Waals surface area contributed by atoms with Crippen molar-refractivity contribution < 1.29 is 19.1 Å². The second kappa shape index (κ2) is 7.79. The number of H-pyrrole nitrogens is 1. The number of carbonyl (C=O) groups excluding carboxylic acids is 2. The number of aromatic amines is 1. The summed E-state index contributed by atoms with van der Waals surface area (Å²) in [7, 11) is 1.62. The van der Waals surface area contributed by atoms with Crippen molar-refractivity contribution in [2.45, 2.75) is 57.3 Å². The number of methoxy groups -OCH3 is 1. The maximum Gasteiger partial charge on any atom is 0.246 e. The zero-order valence-corrected chi connectivity index (χ0v) is 19.7. The molecule has 1 saturated heterocycles. The molecular formula is C27H29N3O4. The van der Waals surface area contributed by atoms with E-state index in [0.717, 1.165) is 40.6 Å². The summed E-state index contributed by atoms with van der Waals surface area (Å²) in [6.07, 6.45) is 2.51. The smallest absolute Gasteiger partial charge is 0.246 e. The van der Waals surface area contributed by atoms with Crippen LogP contribution in [-0.4, -0.2) is 58.4 Å². The first-order valence-electron chi connectivity index (χ1n) is 12.0. The number of aromatic nitrogens is 1. The Kier molecular flexibility index (Phi) is 4.83. The average Bonchev–Trinajstić information content (AvgIpc) is 3.60. The van der Waals surface area contributed by atoms with Crippen LogP contribution >= 0.6 is 0 Å².